The van der Waals surface area contributed by atoms with Crippen molar-refractivity contribution in [3.63, 3.8) is 0 Å². The van der Waals surface area contributed by atoms with Crippen LogP contribution in [0.2, 0.25) is 0 Å². The average molecular weight is 248 g/mol. The van der Waals surface area contributed by atoms with Crippen LogP contribution < -0.4 is 10.6 Å². The lowest BCUT2D eigenvalue weighted by molar-refractivity contribution is -0.118. The number of nitrogen functional groups attached to an aromatic ring is 1. The Labute approximate surface area is 106 Å². The summed E-state index contributed by atoms with van der Waals surface area (Å²) in [6.45, 7) is 3.67. The molecule has 2 rings (SSSR count). The zero-order valence-electron chi connectivity index (χ0n) is 10.9. The first-order valence-electron chi connectivity index (χ1n) is 5.69. The maximum atomic E-state index is 11.9. The van der Waals surface area contributed by atoms with Crippen molar-refractivity contribution in [3.05, 3.63) is 22.8 Å². The molecule has 1 aliphatic heterocycles. The molecule has 1 atom stereocenters. The van der Waals surface area contributed by atoms with Crippen LogP contribution in [0.15, 0.2) is 6.07 Å². The molecule has 0 fully saturated rings. The largest absolute Gasteiger partial charge is 0.465 e. The molecule has 1 amide bonds. The molecule has 0 saturated heterocycles. The number of amides is 1. The van der Waals surface area contributed by atoms with Crippen LogP contribution in [0.4, 0.5) is 11.4 Å². The van der Waals surface area contributed by atoms with E-state index < -0.39 is 5.97 Å². The summed E-state index contributed by atoms with van der Waals surface area (Å²) in [5.41, 5.74) is 9.05. The minimum absolute atomic E-state index is 0.00881. The van der Waals surface area contributed by atoms with E-state index in [2.05, 4.69) is 0 Å². The van der Waals surface area contributed by atoms with E-state index in [1.165, 1.54) is 7.11 Å². The Morgan fingerprint density at radius 1 is 1.50 bits per heavy atom. The molecule has 0 spiro atoms. The first-order valence-corrected chi connectivity index (χ1v) is 5.69. The van der Waals surface area contributed by atoms with Crippen LogP contribution in [0, 0.1) is 6.92 Å². The normalized spacial score (nSPS) is 17.9. The molecule has 0 aromatic heterocycles. The molecule has 1 aromatic rings. The summed E-state index contributed by atoms with van der Waals surface area (Å²) >= 11 is 0. The van der Waals surface area contributed by atoms with Gasteiger partial charge in [0.2, 0.25) is 5.91 Å². The number of ether oxygens (including phenoxy) is 1. The number of carbonyl (C=O) groups excluding carboxylic acids is 2. The van der Waals surface area contributed by atoms with Crippen LogP contribution in [-0.4, -0.2) is 26.0 Å². The van der Waals surface area contributed by atoms with E-state index in [0.29, 0.717) is 11.3 Å². The lowest BCUT2D eigenvalue weighted by Gasteiger charge is -2.15. The number of anilines is 2. The van der Waals surface area contributed by atoms with Crippen molar-refractivity contribution in [1.29, 1.82) is 0 Å². The molecule has 0 radical (unpaired) electrons. The van der Waals surface area contributed by atoms with Crippen LogP contribution in [-0.2, 0) is 9.53 Å². The number of carbonyl (C=O) groups is 2. The molecule has 5 heteroatoms. The Hall–Kier alpha value is -2.04. The number of fused-ring (bicyclic) bond motifs is 1. The Bertz CT molecular complexity index is 552. The molecular formula is C13H16N2O3. The second kappa shape index (κ2) is 4.01. The molecule has 0 bridgehead atoms. The van der Waals surface area contributed by atoms with Gasteiger partial charge < -0.3 is 15.4 Å². The highest BCUT2D eigenvalue weighted by Crippen LogP contribution is 2.42. The predicted molar refractivity (Wildman–Crippen MR) is 68.8 cm³/mol. The third-order valence-corrected chi connectivity index (χ3v) is 3.56. The van der Waals surface area contributed by atoms with Gasteiger partial charge >= 0.3 is 5.97 Å². The SMILES string of the molecule is COC(=O)c1cc2c(c(C)c1N)C(C)C(=O)N2C. The second-order valence-corrected chi connectivity index (χ2v) is 4.51. The van der Waals surface area contributed by atoms with Gasteiger partial charge in [-0.05, 0) is 31.0 Å². The number of hydrogen-bond acceptors (Lipinski definition) is 4. The topological polar surface area (TPSA) is 72.6 Å². The van der Waals surface area contributed by atoms with Gasteiger partial charge in [0.25, 0.3) is 0 Å². The van der Waals surface area contributed by atoms with E-state index in [9.17, 15) is 9.59 Å². The van der Waals surface area contributed by atoms with Gasteiger partial charge in [-0.3, -0.25) is 4.79 Å². The van der Waals surface area contributed by atoms with Gasteiger partial charge in [0.05, 0.1) is 18.6 Å². The van der Waals surface area contributed by atoms with Gasteiger partial charge in [-0.25, -0.2) is 4.79 Å². The van der Waals surface area contributed by atoms with E-state index in [0.717, 1.165) is 16.8 Å². The Morgan fingerprint density at radius 3 is 2.67 bits per heavy atom. The summed E-state index contributed by atoms with van der Waals surface area (Å²) in [5, 5.41) is 0. The van der Waals surface area contributed by atoms with E-state index in [1.807, 2.05) is 13.8 Å². The molecule has 2 N–H and O–H groups in total. The van der Waals surface area contributed by atoms with Gasteiger partial charge in [0.15, 0.2) is 0 Å². The minimum Gasteiger partial charge on any atom is -0.465 e. The smallest absolute Gasteiger partial charge is 0.340 e. The number of likely N-dealkylation sites (N-methyl/N-ethyl adjacent to an activating group) is 1. The zero-order valence-corrected chi connectivity index (χ0v) is 10.9. The number of hydrogen-bond donors (Lipinski definition) is 1. The van der Waals surface area contributed by atoms with Crippen LogP contribution in [0.25, 0.3) is 0 Å². The van der Waals surface area contributed by atoms with Gasteiger partial charge in [-0.15, -0.1) is 0 Å². The predicted octanol–water partition coefficient (Wildman–Crippen LogP) is 1.44. The molecule has 0 aliphatic carbocycles. The summed E-state index contributed by atoms with van der Waals surface area (Å²) in [5.74, 6) is -0.702. The zero-order chi connectivity index (χ0) is 13.6. The van der Waals surface area contributed by atoms with E-state index >= 15 is 0 Å². The van der Waals surface area contributed by atoms with Gasteiger partial charge in [0, 0.05) is 18.4 Å². The van der Waals surface area contributed by atoms with Crippen LogP contribution in [0.1, 0.15) is 34.3 Å². The molecule has 1 unspecified atom stereocenters. The van der Waals surface area contributed by atoms with Crippen molar-refractivity contribution >= 4 is 23.3 Å². The van der Waals surface area contributed by atoms with Crippen molar-refractivity contribution in [2.24, 2.45) is 0 Å². The number of rotatable bonds is 1. The highest BCUT2D eigenvalue weighted by Gasteiger charge is 2.35. The van der Waals surface area contributed by atoms with Crippen molar-refractivity contribution in [3.8, 4) is 0 Å². The third-order valence-electron chi connectivity index (χ3n) is 3.56. The van der Waals surface area contributed by atoms with Crippen LogP contribution in [0.5, 0.6) is 0 Å². The Morgan fingerprint density at radius 2 is 2.11 bits per heavy atom. The first-order chi connectivity index (χ1) is 8.40. The number of nitrogens with two attached hydrogens (primary N) is 1. The Kier molecular flexibility index (Phi) is 2.77. The van der Waals surface area contributed by atoms with Gasteiger partial charge in [-0.2, -0.15) is 0 Å². The molecule has 1 aliphatic rings. The standard InChI is InChI=1S/C13H16N2O3/c1-6-10-7(2)12(16)15(3)9(10)5-8(11(6)14)13(17)18-4/h5,7H,14H2,1-4H3. The lowest BCUT2D eigenvalue weighted by Crippen LogP contribution is -2.22. The summed E-state index contributed by atoms with van der Waals surface area (Å²) in [6, 6.07) is 1.63. The minimum atomic E-state index is -0.487. The quantitative estimate of drug-likeness (QED) is 0.603. The molecule has 1 aromatic carbocycles. The Balaban J connectivity index is 2.71. The molecule has 1 heterocycles. The number of nitrogens with zero attached hydrogens (tertiary/aromatic N) is 1. The monoisotopic (exact) mass is 248 g/mol. The molecular weight excluding hydrogens is 232 g/mol. The highest BCUT2D eigenvalue weighted by molar-refractivity contribution is 6.08. The van der Waals surface area contributed by atoms with Crippen molar-refractivity contribution < 1.29 is 14.3 Å². The van der Waals surface area contributed by atoms with Crippen LogP contribution in [0.3, 0.4) is 0 Å². The summed E-state index contributed by atoms with van der Waals surface area (Å²) in [6.07, 6.45) is 0. The second-order valence-electron chi connectivity index (χ2n) is 4.51. The van der Waals surface area contributed by atoms with Gasteiger partial charge in [-0.1, -0.05) is 0 Å². The fourth-order valence-corrected chi connectivity index (χ4v) is 2.47. The maximum absolute atomic E-state index is 11.9. The molecule has 0 saturated carbocycles. The molecule has 18 heavy (non-hydrogen) atoms. The number of esters is 1. The first kappa shape index (κ1) is 12.4. The van der Waals surface area contributed by atoms with E-state index in [4.69, 9.17) is 10.5 Å². The number of methoxy groups -OCH3 is 1. The molecule has 5 nitrogen and oxygen atoms in total. The number of benzene rings is 1. The van der Waals surface area contributed by atoms with Crippen molar-refractivity contribution in [2.75, 3.05) is 24.8 Å². The highest BCUT2D eigenvalue weighted by atomic mass is 16.5. The summed E-state index contributed by atoms with van der Waals surface area (Å²) < 4.78 is 4.70. The molecule has 96 valence electrons. The van der Waals surface area contributed by atoms with Crippen molar-refractivity contribution in [2.45, 2.75) is 19.8 Å². The average Bonchev–Trinajstić information content (AvgIpc) is 2.57. The van der Waals surface area contributed by atoms with E-state index in [1.54, 1.807) is 18.0 Å². The third kappa shape index (κ3) is 1.47. The fourth-order valence-electron chi connectivity index (χ4n) is 2.47. The van der Waals surface area contributed by atoms with Crippen molar-refractivity contribution in [1.82, 2.24) is 0 Å². The van der Waals surface area contributed by atoms with Gasteiger partial charge in [0.1, 0.15) is 0 Å². The van der Waals surface area contributed by atoms with Crippen LogP contribution >= 0.6 is 0 Å². The lowest BCUT2D eigenvalue weighted by atomic mass is 9.94. The fraction of sp³-hybridized carbons (Fsp3) is 0.385. The summed E-state index contributed by atoms with van der Waals surface area (Å²) in [7, 11) is 3.00. The van der Waals surface area contributed by atoms with E-state index in [-0.39, 0.29) is 11.8 Å². The maximum Gasteiger partial charge on any atom is 0.340 e. The summed E-state index contributed by atoms with van der Waals surface area (Å²) in [4.78, 5) is 25.2.